The molecular weight excluding hydrogens is 174 g/mol. The Morgan fingerprint density at radius 1 is 1.29 bits per heavy atom. The molecule has 0 amide bonds. The lowest BCUT2D eigenvalue weighted by molar-refractivity contribution is 0.369. The van der Waals surface area contributed by atoms with E-state index in [4.69, 9.17) is 4.42 Å². The Morgan fingerprint density at radius 3 is 2.36 bits per heavy atom. The van der Waals surface area contributed by atoms with Crippen molar-refractivity contribution < 1.29 is 4.42 Å². The average Bonchev–Trinajstić information content (AvgIpc) is 2.61. The largest absolute Gasteiger partial charge is 0.465 e. The molecule has 0 unspecified atom stereocenters. The van der Waals surface area contributed by atoms with Crippen molar-refractivity contribution in [3.8, 4) is 0 Å². The molecule has 1 atom stereocenters. The lowest BCUT2D eigenvalue weighted by Crippen LogP contribution is -2.30. The summed E-state index contributed by atoms with van der Waals surface area (Å²) >= 11 is 0. The molecule has 0 fully saturated rings. The first-order valence-corrected chi connectivity index (χ1v) is 5.49. The summed E-state index contributed by atoms with van der Waals surface area (Å²) in [6.45, 7) is 8.55. The van der Waals surface area contributed by atoms with Crippen LogP contribution in [0.25, 0.3) is 0 Å². The molecule has 0 saturated carbocycles. The molecule has 14 heavy (non-hydrogen) atoms. The second kappa shape index (κ2) is 5.20. The van der Waals surface area contributed by atoms with E-state index < -0.39 is 0 Å². The molecule has 1 rings (SSSR count). The molecule has 2 heteroatoms. The van der Waals surface area contributed by atoms with Crippen molar-refractivity contribution in [1.29, 1.82) is 0 Å². The zero-order valence-corrected chi connectivity index (χ0v) is 9.63. The minimum Gasteiger partial charge on any atom is -0.465 e. The summed E-state index contributed by atoms with van der Waals surface area (Å²) in [4.78, 5) is 0. The highest BCUT2D eigenvalue weighted by atomic mass is 16.3. The Hall–Kier alpha value is -0.760. The zero-order chi connectivity index (χ0) is 10.6. The van der Waals surface area contributed by atoms with E-state index in [2.05, 4.69) is 32.2 Å². The van der Waals surface area contributed by atoms with Gasteiger partial charge in [0.1, 0.15) is 11.5 Å². The molecule has 0 radical (unpaired) electrons. The van der Waals surface area contributed by atoms with E-state index >= 15 is 0 Å². The fourth-order valence-corrected chi connectivity index (χ4v) is 1.65. The third-order valence-corrected chi connectivity index (χ3v) is 2.66. The molecule has 1 aromatic heterocycles. The molecule has 1 N–H and O–H groups in total. The molecule has 2 nitrogen and oxygen atoms in total. The number of furan rings is 1. The maximum atomic E-state index is 5.57. The second-order valence-corrected chi connectivity index (χ2v) is 3.85. The van der Waals surface area contributed by atoms with E-state index in [0.717, 1.165) is 11.5 Å². The van der Waals surface area contributed by atoms with Crippen molar-refractivity contribution in [3.05, 3.63) is 23.7 Å². The number of hydrogen-bond acceptors (Lipinski definition) is 2. The Bertz CT molecular complexity index is 263. The molecule has 0 aromatic carbocycles. The van der Waals surface area contributed by atoms with Crippen molar-refractivity contribution in [1.82, 2.24) is 5.32 Å². The predicted molar refractivity (Wildman–Crippen MR) is 59.4 cm³/mol. The van der Waals surface area contributed by atoms with E-state index in [9.17, 15) is 0 Å². The predicted octanol–water partition coefficient (Wildman–Crippen LogP) is 3.43. The fraction of sp³-hybridized carbons (Fsp3) is 0.667. The van der Waals surface area contributed by atoms with Gasteiger partial charge in [0.15, 0.2) is 0 Å². The van der Waals surface area contributed by atoms with Crippen LogP contribution in [0, 0.1) is 6.92 Å². The van der Waals surface area contributed by atoms with Crippen LogP contribution in [-0.4, -0.2) is 6.04 Å². The van der Waals surface area contributed by atoms with Crippen LogP contribution in [0.15, 0.2) is 16.5 Å². The van der Waals surface area contributed by atoms with Gasteiger partial charge in [-0.15, -0.1) is 0 Å². The van der Waals surface area contributed by atoms with Gasteiger partial charge >= 0.3 is 0 Å². The van der Waals surface area contributed by atoms with Crippen molar-refractivity contribution in [2.75, 3.05) is 0 Å². The van der Waals surface area contributed by atoms with E-state index in [-0.39, 0.29) is 0 Å². The fourth-order valence-electron chi connectivity index (χ4n) is 1.65. The van der Waals surface area contributed by atoms with Gasteiger partial charge in [-0.1, -0.05) is 13.8 Å². The molecule has 0 aliphatic rings. The number of nitrogens with one attached hydrogen (secondary N) is 1. The molecule has 1 heterocycles. The van der Waals surface area contributed by atoms with Gasteiger partial charge < -0.3 is 9.73 Å². The first kappa shape index (κ1) is 11.3. The SMILES string of the molecule is CCC(CC)N[C@@H](C)c1ccc(C)o1. The van der Waals surface area contributed by atoms with Crippen LogP contribution in [0.4, 0.5) is 0 Å². The lowest BCUT2D eigenvalue weighted by Gasteiger charge is -2.19. The van der Waals surface area contributed by atoms with Crippen LogP contribution in [0.5, 0.6) is 0 Å². The number of hydrogen-bond donors (Lipinski definition) is 1. The third kappa shape index (κ3) is 2.88. The highest BCUT2D eigenvalue weighted by Crippen LogP contribution is 2.17. The van der Waals surface area contributed by atoms with Gasteiger partial charge in [0.2, 0.25) is 0 Å². The van der Waals surface area contributed by atoms with Crippen molar-refractivity contribution in [2.45, 2.75) is 52.6 Å². The summed E-state index contributed by atoms with van der Waals surface area (Å²) in [5, 5.41) is 3.55. The molecule has 80 valence electrons. The third-order valence-electron chi connectivity index (χ3n) is 2.66. The van der Waals surface area contributed by atoms with Gasteiger partial charge in [0, 0.05) is 6.04 Å². The van der Waals surface area contributed by atoms with Crippen LogP contribution >= 0.6 is 0 Å². The van der Waals surface area contributed by atoms with Crippen LogP contribution in [0.1, 0.15) is 51.2 Å². The maximum Gasteiger partial charge on any atom is 0.120 e. The Balaban J connectivity index is 2.53. The first-order valence-electron chi connectivity index (χ1n) is 5.49. The zero-order valence-electron chi connectivity index (χ0n) is 9.63. The Labute approximate surface area is 86.7 Å². The summed E-state index contributed by atoms with van der Waals surface area (Å²) in [5.41, 5.74) is 0. The summed E-state index contributed by atoms with van der Waals surface area (Å²) in [6, 6.07) is 4.97. The quantitative estimate of drug-likeness (QED) is 0.778. The van der Waals surface area contributed by atoms with Crippen molar-refractivity contribution in [3.63, 3.8) is 0 Å². The Kier molecular flexibility index (Phi) is 4.21. The van der Waals surface area contributed by atoms with Crippen LogP contribution in [-0.2, 0) is 0 Å². The monoisotopic (exact) mass is 195 g/mol. The van der Waals surface area contributed by atoms with Crippen molar-refractivity contribution in [2.24, 2.45) is 0 Å². The highest BCUT2D eigenvalue weighted by molar-refractivity contribution is 5.09. The molecule has 1 aromatic rings. The molecule has 0 aliphatic heterocycles. The van der Waals surface area contributed by atoms with Gasteiger partial charge in [0.05, 0.1) is 6.04 Å². The summed E-state index contributed by atoms with van der Waals surface area (Å²) in [7, 11) is 0. The molecule has 0 aliphatic carbocycles. The topological polar surface area (TPSA) is 25.2 Å². The molecule has 0 spiro atoms. The minimum atomic E-state index is 0.314. The summed E-state index contributed by atoms with van der Waals surface area (Å²) in [6.07, 6.45) is 2.33. The number of aryl methyl sites for hydroxylation is 1. The van der Waals surface area contributed by atoms with Gasteiger partial charge in [-0.25, -0.2) is 0 Å². The van der Waals surface area contributed by atoms with E-state index in [1.54, 1.807) is 0 Å². The lowest BCUT2D eigenvalue weighted by atomic mass is 10.1. The van der Waals surface area contributed by atoms with E-state index in [0.29, 0.717) is 12.1 Å². The van der Waals surface area contributed by atoms with Gasteiger partial charge in [-0.3, -0.25) is 0 Å². The maximum absolute atomic E-state index is 5.57. The van der Waals surface area contributed by atoms with Crippen LogP contribution in [0.3, 0.4) is 0 Å². The van der Waals surface area contributed by atoms with E-state index in [1.807, 2.05) is 13.0 Å². The summed E-state index contributed by atoms with van der Waals surface area (Å²) < 4.78 is 5.57. The molecule has 0 bridgehead atoms. The molecule has 0 saturated heterocycles. The second-order valence-electron chi connectivity index (χ2n) is 3.85. The Morgan fingerprint density at radius 2 is 1.93 bits per heavy atom. The standard InChI is InChI=1S/C12H21NO/c1-5-11(6-2)13-10(4)12-8-7-9(3)14-12/h7-8,10-11,13H,5-6H2,1-4H3/t10-/m0/s1. The summed E-state index contributed by atoms with van der Waals surface area (Å²) in [5.74, 6) is 2.02. The minimum absolute atomic E-state index is 0.314. The van der Waals surface area contributed by atoms with E-state index in [1.165, 1.54) is 12.8 Å². The highest BCUT2D eigenvalue weighted by Gasteiger charge is 2.12. The normalized spacial score (nSPS) is 13.5. The van der Waals surface area contributed by atoms with Gasteiger partial charge in [-0.05, 0) is 38.8 Å². The average molecular weight is 195 g/mol. The van der Waals surface area contributed by atoms with Crippen molar-refractivity contribution >= 4 is 0 Å². The smallest absolute Gasteiger partial charge is 0.120 e. The van der Waals surface area contributed by atoms with Gasteiger partial charge in [0.25, 0.3) is 0 Å². The first-order chi connectivity index (χ1) is 6.67. The van der Waals surface area contributed by atoms with Crippen LogP contribution < -0.4 is 5.32 Å². The molecular formula is C12H21NO. The number of rotatable bonds is 5. The van der Waals surface area contributed by atoms with Gasteiger partial charge in [-0.2, -0.15) is 0 Å². The van der Waals surface area contributed by atoms with Crippen LogP contribution in [0.2, 0.25) is 0 Å².